The number of carbonyl (C=O) groups excluding carboxylic acids is 2. The lowest BCUT2D eigenvalue weighted by Crippen LogP contribution is -2.27. The van der Waals surface area contributed by atoms with Gasteiger partial charge < -0.3 is 29.6 Å². The average Bonchev–Trinajstić information content (AvgIpc) is 3.29. The summed E-state index contributed by atoms with van der Waals surface area (Å²) in [5.41, 5.74) is 5.23. The van der Waals surface area contributed by atoms with Gasteiger partial charge in [-0.3, -0.25) is 9.59 Å². The molecule has 0 fully saturated rings. The SMILES string of the molecule is COc1cc([C@@H]2Nc3ccccc3NC3=C2C(=O)C[C@H](c2ccc4c(c2)OCO4)C3)ccc1OC(C)=O. The van der Waals surface area contributed by atoms with Gasteiger partial charge in [0.15, 0.2) is 28.8 Å². The summed E-state index contributed by atoms with van der Waals surface area (Å²) in [6, 6.07) is 18.7. The summed E-state index contributed by atoms with van der Waals surface area (Å²) in [7, 11) is 1.52. The lowest BCUT2D eigenvalue weighted by molar-refractivity contribution is -0.132. The van der Waals surface area contributed by atoms with Gasteiger partial charge in [0.2, 0.25) is 6.79 Å². The van der Waals surface area contributed by atoms with Gasteiger partial charge in [0.1, 0.15) is 0 Å². The topological polar surface area (TPSA) is 95.1 Å². The van der Waals surface area contributed by atoms with Crippen LogP contribution >= 0.6 is 0 Å². The van der Waals surface area contributed by atoms with Crippen LogP contribution in [0.1, 0.15) is 42.9 Å². The number of esters is 1. The van der Waals surface area contributed by atoms with E-state index in [4.69, 9.17) is 18.9 Å². The number of ether oxygens (including phenoxy) is 4. The average molecular weight is 499 g/mol. The van der Waals surface area contributed by atoms with Gasteiger partial charge >= 0.3 is 5.97 Å². The van der Waals surface area contributed by atoms with Crippen LogP contribution in [0.5, 0.6) is 23.0 Å². The fourth-order valence-corrected chi connectivity index (χ4v) is 5.25. The summed E-state index contributed by atoms with van der Waals surface area (Å²) in [6.07, 6.45) is 1.03. The highest BCUT2D eigenvalue weighted by Crippen LogP contribution is 2.46. The van der Waals surface area contributed by atoms with Gasteiger partial charge in [-0.25, -0.2) is 0 Å². The van der Waals surface area contributed by atoms with Crippen molar-refractivity contribution in [1.29, 1.82) is 0 Å². The highest BCUT2D eigenvalue weighted by Gasteiger charge is 2.36. The van der Waals surface area contributed by atoms with Crippen molar-refractivity contribution in [1.82, 2.24) is 0 Å². The van der Waals surface area contributed by atoms with E-state index in [2.05, 4.69) is 10.6 Å². The molecule has 0 radical (unpaired) electrons. The molecule has 3 aromatic rings. The number of hydrogen-bond donors (Lipinski definition) is 2. The Morgan fingerprint density at radius 2 is 1.70 bits per heavy atom. The minimum absolute atomic E-state index is 0.0000379. The molecule has 8 heteroatoms. The van der Waals surface area contributed by atoms with E-state index in [1.165, 1.54) is 14.0 Å². The Hall–Kier alpha value is -4.46. The molecular formula is C29H26N2O6. The number of fused-ring (bicyclic) bond motifs is 2. The molecule has 188 valence electrons. The molecular weight excluding hydrogens is 472 g/mol. The minimum Gasteiger partial charge on any atom is -0.493 e. The highest BCUT2D eigenvalue weighted by molar-refractivity contribution is 6.01. The van der Waals surface area contributed by atoms with E-state index in [1.807, 2.05) is 54.6 Å². The third kappa shape index (κ3) is 4.24. The smallest absolute Gasteiger partial charge is 0.308 e. The molecule has 2 aliphatic heterocycles. The molecule has 6 rings (SSSR count). The quantitative estimate of drug-likeness (QED) is 0.368. The summed E-state index contributed by atoms with van der Waals surface area (Å²) in [5, 5.41) is 7.11. The Kier molecular flexibility index (Phi) is 5.71. The third-order valence-corrected chi connectivity index (χ3v) is 6.95. The first-order chi connectivity index (χ1) is 18.0. The number of carbonyl (C=O) groups is 2. The number of nitrogens with one attached hydrogen (secondary N) is 2. The lowest BCUT2D eigenvalue weighted by Gasteiger charge is -2.30. The van der Waals surface area contributed by atoms with Crippen LogP contribution in [0.15, 0.2) is 71.9 Å². The first-order valence-corrected chi connectivity index (χ1v) is 12.1. The summed E-state index contributed by atoms with van der Waals surface area (Å²) in [4.78, 5) is 25.3. The number of para-hydroxylation sites is 2. The fraction of sp³-hybridized carbons (Fsp3) is 0.241. The normalized spacial score (nSPS) is 19.7. The van der Waals surface area contributed by atoms with Gasteiger partial charge in [0.05, 0.1) is 24.5 Å². The molecule has 0 amide bonds. The van der Waals surface area contributed by atoms with Crippen LogP contribution in [-0.2, 0) is 9.59 Å². The van der Waals surface area contributed by atoms with Crippen molar-refractivity contribution in [2.75, 3.05) is 24.5 Å². The minimum atomic E-state index is -0.432. The molecule has 37 heavy (non-hydrogen) atoms. The molecule has 0 saturated carbocycles. The first-order valence-electron chi connectivity index (χ1n) is 12.1. The Labute approximate surface area is 214 Å². The molecule has 0 aromatic heterocycles. The zero-order chi connectivity index (χ0) is 25.5. The van der Waals surface area contributed by atoms with Crippen molar-refractivity contribution < 1.29 is 28.5 Å². The van der Waals surface area contributed by atoms with Gasteiger partial charge in [0, 0.05) is 24.6 Å². The molecule has 2 N–H and O–H groups in total. The second-order valence-electron chi connectivity index (χ2n) is 9.29. The number of Topliss-reactive ketones (excluding diaryl/α,β-unsaturated/α-hetero) is 1. The number of methoxy groups -OCH3 is 1. The molecule has 8 nitrogen and oxygen atoms in total. The molecule has 0 unspecified atom stereocenters. The number of hydrogen-bond acceptors (Lipinski definition) is 8. The van der Waals surface area contributed by atoms with Gasteiger partial charge in [-0.2, -0.15) is 0 Å². The monoisotopic (exact) mass is 498 g/mol. The van der Waals surface area contributed by atoms with E-state index in [9.17, 15) is 9.59 Å². The van der Waals surface area contributed by atoms with Crippen molar-refractivity contribution in [2.24, 2.45) is 0 Å². The molecule has 0 saturated heterocycles. The Balaban J connectivity index is 1.42. The summed E-state index contributed by atoms with van der Waals surface area (Å²) in [5.74, 6) is 1.82. The van der Waals surface area contributed by atoms with E-state index >= 15 is 0 Å². The molecule has 3 aliphatic rings. The summed E-state index contributed by atoms with van der Waals surface area (Å²) in [6.45, 7) is 1.56. The first kappa shape index (κ1) is 23.0. The van der Waals surface area contributed by atoms with Crippen LogP contribution in [0.2, 0.25) is 0 Å². The molecule has 2 atom stereocenters. The van der Waals surface area contributed by atoms with E-state index in [0.717, 1.165) is 33.9 Å². The Morgan fingerprint density at radius 3 is 2.51 bits per heavy atom. The van der Waals surface area contributed by atoms with Crippen LogP contribution in [-0.4, -0.2) is 25.7 Å². The van der Waals surface area contributed by atoms with Crippen LogP contribution in [0.25, 0.3) is 0 Å². The van der Waals surface area contributed by atoms with E-state index < -0.39 is 12.0 Å². The van der Waals surface area contributed by atoms with E-state index in [-0.39, 0.29) is 18.5 Å². The van der Waals surface area contributed by atoms with Crippen LogP contribution in [0.3, 0.4) is 0 Å². The van der Waals surface area contributed by atoms with E-state index in [0.29, 0.717) is 35.7 Å². The maximum atomic E-state index is 13.8. The lowest BCUT2D eigenvalue weighted by atomic mass is 9.78. The number of benzene rings is 3. The summed E-state index contributed by atoms with van der Waals surface area (Å²) >= 11 is 0. The zero-order valence-corrected chi connectivity index (χ0v) is 20.5. The molecule has 1 aliphatic carbocycles. The second kappa shape index (κ2) is 9.20. The highest BCUT2D eigenvalue weighted by atomic mass is 16.7. The molecule has 0 bridgehead atoms. The molecule has 2 heterocycles. The van der Waals surface area contributed by atoms with Crippen molar-refractivity contribution in [2.45, 2.75) is 31.7 Å². The van der Waals surface area contributed by atoms with Gasteiger partial charge in [-0.15, -0.1) is 0 Å². The van der Waals surface area contributed by atoms with Crippen LogP contribution in [0.4, 0.5) is 11.4 Å². The van der Waals surface area contributed by atoms with Crippen LogP contribution in [0, 0.1) is 0 Å². The van der Waals surface area contributed by atoms with Gasteiger partial charge in [-0.05, 0) is 59.9 Å². The predicted molar refractivity (Wildman–Crippen MR) is 137 cm³/mol. The Morgan fingerprint density at radius 1 is 0.919 bits per heavy atom. The van der Waals surface area contributed by atoms with Crippen LogP contribution < -0.4 is 29.6 Å². The fourth-order valence-electron chi connectivity index (χ4n) is 5.25. The van der Waals surface area contributed by atoms with Crippen molar-refractivity contribution in [3.63, 3.8) is 0 Å². The number of anilines is 2. The predicted octanol–water partition coefficient (Wildman–Crippen LogP) is 5.33. The number of ketones is 1. The van der Waals surface area contributed by atoms with Gasteiger partial charge in [0.25, 0.3) is 0 Å². The van der Waals surface area contributed by atoms with Crippen molar-refractivity contribution in [3.8, 4) is 23.0 Å². The Bertz CT molecular complexity index is 1450. The van der Waals surface area contributed by atoms with Gasteiger partial charge in [-0.1, -0.05) is 24.3 Å². The maximum Gasteiger partial charge on any atom is 0.308 e. The molecule has 3 aromatic carbocycles. The zero-order valence-electron chi connectivity index (χ0n) is 20.5. The summed E-state index contributed by atoms with van der Waals surface area (Å²) < 4.78 is 21.8. The van der Waals surface area contributed by atoms with Crippen molar-refractivity contribution >= 4 is 23.1 Å². The second-order valence-corrected chi connectivity index (χ2v) is 9.29. The number of allylic oxidation sites excluding steroid dienone is 1. The molecule has 0 spiro atoms. The van der Waals surface area contributed by atoms with E-state index in [1.54, 1.807) is 6.07 Å². The maximum absolute atomic E-state index is 13.8. The third-order valence-electron chi connectivity index (χ3n) is 6.95. The largest absolute Gasteiger partial charge is 0.493 e. The number of rotatable bonds is 4. The van der Waals surface area contributed by atoms with Crippen molar-refractivity contribution in [3.05, 3.63) is 83.1 Å². The standard InChI is InChI=1S/C29H26N2O6/c1-16(32)37-25-10-8-18(14-26(25)34-2)29-28-22(30-20-5-3-4-6-21(20)31-29)11-19(12-23(28)33)17-7-9-24-27(13-17)36-15-35-24/h3-10,13-14,19,29-31H,11-12,15H2,1-2H3/t19-,29+/m1/s1.